The van der Waals surface area contributed by atoms with E-state index >= 15 is 0 Å². The van der Waals surface area contributed by atoms with Crippen LogP contribution in [0.1, 0.15) is 54.5 Å². The largest absolute Gasteiger partial charge is 0.475 e. The van der Waals surface area contributed by atoms with Crippen LogP contribution in [0.25, 0.3) is 0 Å². The quantitative estimate of drug-likeness (QED) is 0.887. The first kappa shape index (κ1) is 14.1. The Morgan fingerprint density at radius 2 is 2.16 bits per heavy atom. The molecule has 1 aliphatic heterocycles. The molecule has 4 nitrogen and oxygen atoms in total. The van der Waals surface area contributed by atoms with Crippen molar-refractivity contribution in [3.63, 3.8) is 0 Å². The van der Waals surface area contributed by atoms with Crippen molar-refractivity contribution in [2.75, 3.05) is 13.1 Å². The Balaban J connectivity index is 1.89. The lowest BCUT2D eigenvalue weighted by Crippen LogP contribution is -2.33. The maximum Gasteiger partial charge on any atom is 0.372 e. The van der Waals surface area contributed by atoms with E-state index < -0.39 is 5.97 Å². The van der Waals surface area contributed by atoms with Gasteiger partial charge in [0.25, 0.3) is 0 Å². The van der Waals surface area contributed by atoms with Crippen LogP contribution in [0.3, 0.4) is 0 Å². The van der Waals surface area contributed by atoms with Crippen LogP contribution in [0.2, 0.25) is 0 Å². The van der Waals surface area contributed by atoms with Gasteiger partial charge in [0.1, 0.15) is 5.76 Å². The van der Waals surface area contributed by atoms with E-state index in [9.17, 15) is 4.79 Å². The summed E-state index contributed by atoms with van der Waals surface area (Å²) in [6.07, 6.45) is 5.10. The van der Waals surface area contributed by atoms with Gasteiger partial charge in [-0.1, -0.05) is 19.8 Å². The monoisotopic (exact) mass is 265 g/mol. The van der Waals surface area contributed by atoms with Crippen molar-refractivity contribution in [2.24, 2.45) is 5.92 Å². The van der Waals surface area contributed by atoms with Gasteiger partial charge in [-0.3, -0.25) is 4.90 Å². The smallest absolute Gasteiger partial charge is 0.372 e. The number of carboxylic acid groups (broad SMARTS) is 1. The van der Waals surface area contributed by atoms with Crippen LogP contribution in [-0.2, 0) is 6.54 Å². The first-order valence-electron chi connectivity index (χ1n) is 7.15. The number of piperidine rings is 1. The number of carboxylic acids is 1. The fourth-order valence-corrected chi connectivity index (χ4v) is 2.90. The molecule has 2 rings (SSSR count). The topological polar surface area (TPSA) is 53.7 Å². The molecule has 0 aliphatic carbocycles. The van der Waals surface area contributed by atoms with Crippen LogP contribution in [0.15, 0.2) is 10.5 Å². The molecule has 0 spiro atoms. The van der Waals surface area contributed by atoms with Gasteiger partial charge in [0.05, 0.1) is 6.54 Å². The summed E-state index contributed by atoms with van der Waals surface area (Å²) < 4.78 is 5.41. The molecule has 0 saturated carbocycles. The molecule has 19 heavy (non-hydrogen) atoms. The van der Waals surface area contributed by atoms with E-state index in [2.05, 4.69) is 11.8 Å². The van der Waals surface area contributed by atoms with Gasteiger partial charge in [-0.25, -0.2) is 4.79 Å². The number of carbonyl (C=O) groups is 1. The summed E-state index contributed by atoms with van der Waals surface area (Å²) in [6.45, 7) is 6.93. The third-order valence-corrected chi connectivity index (χ3v) is 3.95. The number of hydrogen-bond acceptors (Lipinski definition) is 3. The van der Waals surface area contributed by atoms with Crippen molar-refractivity contribution in [2.45, 2.75) is 46.1 Å². The van der Waals surface area contributed by atoms with Crippen molar-refractivity contribution in [1.29, 1.82) is 0 Å². The molecule has 1 aliphatic rings. The SMILES string of the molecule is CCCC1CCN(Cc2cc(C)c(C(=O)O)o2)CC1. The second-order valence-electron chi connectivity index (χ2n) is 5.54. The zero-order valence-electron chi connectivity index (χ0n) is 11.8. The summed E-state index contributed by atoms with van der Waals surface area (Å²) in [7, 11) is 0. The Labute approximate surface area is 114 Å². The van der Waals surface area contributed by atoms with E-state index in [4.69, 9.17) is 9.52 Å². The fourth-order valence-electron chi connectivity index (χ4n) is 2.90. The number of likely N-dealkylation sites (tertiary alicyclic amines) is 1. The lowest BCUT2D eigenvalue weighted by molar-refractivity contribution is 0.0656. The fraction of sp³-hybridized carbons (Fsp3) is 0.667. The summed E-state index contributed by atoms with van der Waals surface area (Å²) in [5.41, 5.74) is 0.711. The summed E-state index contributed by atoms with van der Waals surface area (Å²) in [4.78, 5) is 13.3. The molecule has 0 amide bonds. The Hall–Kier alpha value is -1.29. The molecular formula is C15H23NO3. The Morgan fingerprint density at radius 3 is 2.68 bits per heavy atom. The minimum absolute atomic E-state index is 0.0795. The standard InChI is InChI=1S/C15H23NO3/c1-3-4-12-5-7-16(8-6-12)10-13-9-11(2)14(19-13)15(17)18/h9,12H,3-8,10H2,1-2H3,(H,17,18). The third-order valence-electron chi connectivity index (χ3n) is 3.95. The van der Waals surface area contributed by atoms with Crippen molar-refractivity contribution < 1.29 is 14.3 Å². The van der Waals surface area contributed by atoms with E-state index in [-0.39, 0.29) is 5.76 Å². The number of aryl methyl sites for hydroxylation is 1. The van der Waals surface area contributed by atoms with Crippen LogP contribution in [0.5, 0.6) is 0 Å². The highest BCUT2D eigenvalue weighted by molar-refractivity contribution is 5.86. The zero-order valence-corrected chi connectivity index (χ0v) is 11.8. The molecule has 1 aromatic rings. The molecule has 0 unspecified atom stereocenters. The van der Waals surface area contributed by atoms with Crippen molar-refractivity contribution in [3.05, 3.63) is 23.2 Å². The molecule has 0 aromatic carbocycles. The molecule has 2 heterocycles. The molecule has 1 aromatic heterocycles. The lowest BCUT2D eigenvalue weighted by Gasteiger charge is -2.31. The maximum absolute atomic E-state index is 10.9. The Kier molecular flexibility index (Phi) is 4.64. The molecule has 1 N–H and O–H groups in total. The normalized spacial score (nSPS) is 17.8. The van der Waals surface area contributed by atoms with Gasteiger partial charge in [0, 0.05) is 5.56 Å². The number of hydrogen-bond donors (Lipinski definition) is 1. The minimum atomic E-state index is -0.981. The predicted octanol–water partition coefficient (Wildman–Crippen LogP) is 3.30. The van der Waals surface area contributed by atoms with Crippen LogP contribution in [-0.4, -0.2) is 29.1 Å². The second kappa shape index (κ2) is 6.24. The summed E-state index contributed by atoms with van der Waals surface area (Å²) in [5, 5.41) is 8.97. The first-order chi connectivity index (χ1) is 9.10. The first-order valence-corrected chi connectivity index (χ1v) is 7.15. The summed E-state index contributed by atoms with van der Waals surface area (Å²) in [6, 6.07) is 1.85. The number of nitrogens with zero attached hydrogens (tertiary/aromatic N) is 1. The summed E-state index contributed by atoms with van der Waals surface area (Å²) in [5.74, 6) is 0.735. The Bertz CT molecular complexity index is 431. The Morgan fingerprint density at radius 1 is 1.47 bits per heavy atom. The van der Waals surface area contributed by atoms with Gasteiger partial charge >= 0.3 is 5.97 Å². The van der Waals surface area contributed by atoms with Crippen LogP contribution in [0.4, 0.5) is 0 Å². The van der Waals surface area contributed by atoms with Gasteiger partial charge in [-0.15, -0.1) is 0 Å². The van der Waals surface area contributed by atoms with Gasteiger partial charge in [0.15, 0.2) is 0 Å². The highest BCUT2D eigenvalue weighted by Crippen LogP contribution is 2.24. The number of furan rings is 1. The summed E-state index contributed by atoms with van der Waals surface area (Å²) >= 11 is 0. The average Bonchev–Trinajstić information content (AvgIpc) is 2.73. The molecule has 0 radical (unpaired) electrons. The van der Waals surface area contributed by atoms with E-state index in [0.29, 0.717) is 5.56 Å². The number of aromatic carboxylic acids is 1. The highest BCUT2D eigenvalue weighted by Gasteiger charge is 2.21. The molecule has 1 fully saturated rings. The van der Waals surface area contributed by atoms with Gasteiger partial charge in [-0.05, 0) is 44.8 Å². The van der Waals surface area contributed by atoms with E-state index in [1.165, 1.54) is 25.7 Å². The molecular weight excluding hydrogens is 242 g/mol. The number of rotatable bonds is 5. The third kappa shape index (κ3) is 3.60. The van der Waals surface area contributed by atoms with Crippen molar-refractivity contribution >= 4 is 5.97 Å². The van der Waals surface area contributed by atoms with E-state index in [0.717, 1.165) is 31.3 Å². The second-order valence-corrected chi connectivity index (χ2v) is 5.54. The molecule has 106 valence electrons. The molecule has 0 atom stereocenters. The van der Waals surface area contributed by atoms with Gasteiger partial charge in [0.2, 0.25) is 5.76 Å². The molecule has 0 bridgehead atoms. The maximum atomic E-state index is 10.9. The van der Waals surface area contributed by atoms with Gasteiger partial charge < -0.3 is 9.52 Å². The molecule has 1 saturated heterocycles. The minimum Gasteiger partial charge on any atom is -0.475 e. The van der Waals surface area contributed by atoms with Crippen LogP contribution < -0.4 is 0 Å². The lowest BCUT2D eigenvalue weighted by atomic mass is 9.92. The van der Waals surface area contributed by atoms with E-state index in [1.54, 1.807) is 6.92 Å². The molecule has 4 heteroatoms. The van der Waals surface area contributed by atoms with Crippen molar-refractivity contribution in [1.82, 2.24) is 4.90 Å². The predicted molar refractivity (Wildman–Crippen MR) is 73.3 cm³/mol. The van der Waals surface area contributed by atoms with Crippen LogP contribution >= 0.6 is 0 Å². The van der Waals surface area contributed by atoms with Crippen molar-refractivity contribution in [3.8, 4) is 0 Å². The average molecular weight is 265 g/mol. The highest BCUT2D eigenvalue weighted by atomic mass is 16.4. The van der Waals surface area contributed by atoms with Crippen LogP contribution in [0, 0.1) is 12.8 Å². The zero-order chi connectivity index (χ0) is 13.8. The van der Waals surface area contributed by atoms with E-state index in [1.807, 2.05) is 6.07 Å². The van der Waals surface area contributed by atoms with Gasteiger partial charge in [-0.2, -0.15) is 0 Å².